The topological polar surface area (TPSA) is 41.6 Å². The molecule has 0 saturated carbocycles. The summed E-state index contributed by atoms with van der Waals surface area (Å²) in [5.41, 5.74) is 7.23. The summed E-state index contributed by atoms with van der Waals surface area (Å²) in [5, 5.41) is 0. The Morgan fingerprint density at radius 1 is 1.50 bits per heavy atom. The SMILES string of the molecule is C=CN=C(CCC(N)C(C=CC)=CCCl)N(C)C. The maximum Gasteiger partial charge on any atom is 0.104 e. The van der Waals surface area contributed by atoms with Crippen LogP contribution in [-0.2, 0) is 0 Å². The first-order valence-electron chi connectivity index (χ1n) is 6.06. The monoisotopic (exact) mass is 269 g/mol. The maximum atomic E-state index is 6.16. The summed E-state index contributed by atoms with van der Waals surface area (Å²) in [5.74, 6) is 1.46. The van der Waals surface area contributed by atoms with Gasteiger partial charge in [0, 0.05) is 38.6 Å². The molecule has 0 aromatic carbocycles. The predicted octanol–water partition coefficient (Wildman–Crippen LogP) is 2.94. The third-order valence-corrected chi connectivity index (χ3v) is 2.69. The molecule has 2 N–H and O–H groups in total. The molecule has 0 aromatic heterocycles. The van der Waals surface area contributed by atoms with E-state index in [1.165, 1.54) is 0 Å². The lowest BCUT2D eigenvalue weighted by atomic mass is 10.0. The third-order valence-electron chi connectivity index (χ3n) is 2.54. The molecule has 0 amide bonds. The number of amidine groups is 1. The zero-order valence-corrected chi connectivity index (χ0v) is 12.3. The van der Waals surface area contributed by atoms with Crippen LogP contribution in [0.1, 0.15) is 19.8 Å². The van der Waals surface area contributed by atoms with E-state index in [1.54, 1.807) is 6.20 Å². The van der Waals surface area contributed by atoms with Gasteiger partial charge in [0.05, 0.1) is 0 Å². The van der Waals surface area contributed by atoms with Crippen molar-refractivity contribution >= 4 is 17.4 Å². The zero-order valence-electron chi connectivity index (χ0n) is 11.6. The Morgan fingerprint density at radius 3 is 2.61 bits per heavy atom. The highest BCUT2D eigenvalue weighted by molar-refractivity contribution is 6.19. The molecule has 4 heteroatoms. The maximum absolute atomic E-state index is 6.16. The fraction of sp³-hybridized carbons (Fsp3) is 0.500. The number of hydrogen-bond donors (Lipinski definition) is 1. The first-order chi connectivity index (χ1) is 8.56. The van der Waals surface area contributed by atoms with Gasteiger partial charge in [0.25, 0.3) is 0 Å². The highest BCUT2D eigenvalue weighted by atomic mass is 35.5. The fourth-order valence-corrected chi connectivity index (χ4v) is 1.76. The summed E-state index contributed by atoms with van der Waals surface area (Å²) >= 11 is 5.73. The smallest absolute Gasteiger partial charge is 0.104 e. The number of allylic oxidation sites excluding steroid dienone is 2. The van der Waals surface area contributed by atoms with Gasteiger partial charge >= 0.3 is 0 Å². The molecule has 0 bridgehead atoms. The predicted molar refractivity (Wildman–Crippen MR) is 82.1 cm³/mol. The number of rotatable bonds is 7. The second kappa shape index (κ2) is 9.92. The van der Waals surface area contributed by atoms with Gasteiger partial charge in [-0.3, -0.25) is 0 Å². The molecule has 3 nitrogen and oxygen atoms in total. The summed E-state index contributed by atoms with van der Waals surface area (Å²) in [6.45, 7) is 5.59. The second-order valence-corrected chi connectivity index (χ2v) is 4.43. The van der Waals surface area contributed by atoms with Crippen LogP contribution in [0.15, 0.2) is 41.6 Å². The minimum absolute atomic E-state index is 0.0186. The van der Waals surface area contributed by atoms with Gasteiger partial charge in [-0.2, -0.15) is 0 Å². The highest BCUT2D eigenvalue weighted by Crippen LogP contribution is 2.10. The van der Waals surface area contributed by atoms with Crippen molar-refractivity contribution in [2.75, 3.05) is 20.0 Å². The Kier molecular flexibility index (Phi) is 9.33. The van der Waals surface area contributed by atoms with Crippen LogP contribution in [0.5, 0.6) is 0 Å². The lowest BCUT2D eigenvalue weighted by molar-refractivity contribution is 0.586. The molecule has 0 heterocycles. The van der Waals surface area contributed by atoms with E-state index in [0.717, 1.165) is 24.3 Å². The van der Waals surface area contributed by atoms with Crippen LogP contribution in [0.3, 0.4) is 0 Å². The Morgan fingerprint density at radius 2 is 2.17 bits per heavy atom. The lowest BCUT2D eigenvalue weighted by Crippen LogP contribution is -2.27. The largest absolute Gasteiger partial charge is 0.366 e. The van der Waals surface area contributed by atoms with Crippen molar-refractivity contribution in [1.82, 2.24) is 4.90 Å². The van der Waals surface area contributed by atoms with E-state index in [-0.39, 0.29) is 6.04 Å². The molecule has 102 valence electrons. The van der Waals surface area contributed by atoms with E-state index >= 15 is 0 Å². The summed E-state index contributed by atoms with van der Waals surface area (Å²) in [7, 11) is 3.94. The number of halogens is 1. The van der Waals surface area contributed by atoms with E-state index < -0.39 is 0 Å². The normalized spacial score (nSPS) is 14.9. The number of aliphatic imine (C=N–C) groups is 1. The van der Waals surface area contributed by atoms with Crippen LogP contribution in [0.4, 0.5) is 0 Å². The van der Waals surface area contributed by atoms with Crippen LogP contribution < -0.4 is 5.73 Å². The molecule has 1 atom stereocenters. The lowest BCUT2D eigenvalue weighted by Gasteiger charge is -2.18. The van der Waals surface area contributed by atoms with E-state index in [2.05, 4.69) is 11.6 Å². The molecule has 0 saturated heterocycles. The van der Waals surface area contributed by atoms with E-state index in [4.69, 9.17) is 17.3 Å². The molecule has 0 aliphatic heterocycles. The fourth-order valence-electron chi connectivity index (χ4n) is 1.58. The Hall–Kier alpha value is -1.06. The summed E-state index contributed by atoms with van der Waals surface area (Å²) in [4.78, 5) is 6.22. The van der Waals surface area contributed by atoms with Gasteiger partial charge in [0.2, 0.25) is 0 Å². The third kappa shape index (κ3) is 6.62. The van der Waals surface area contributed by atoms with Gasteiger partial charge in [0.1, 0.15) is 5.84 Å². The van der Waals surface area contributed by atoms with Crippen molar-refractivity contribution in [1.29, 1.82) is 0 Å². The summed E-state index contributed by atoms with van der Waals surface area (Å²) < 4.78 is 0. The van der Waals surface area contributed by atoms with Crippen LogP contribution in [0.2, 0.25) is 0 Å². The molecular formula is C14H24ClN3. The van der Waals surface area contributed by atoms with Crippen molar-refractivity contribution in [2.45, 2.75) is 25.8 Å². The van der Waals surface area contributed by atoms with Crippen molar-refractivity contribution in [3.63, 3.8) is 0 Å². The number of alkyl halides is 1. The van der Waals surface area contributed by atoms with Crippen LogP contribution in [-0.4, -0.2) is 36.8 Å². The molecule has 0 aliphatic carbocycles. The average Bonchev–Trinajstić information content (AvgIpc) is 2.33. The minimum Gasteiger partial charge on any atom is -0.366 e. The van der Waals surface area contributed by atoms with E-state index in [1.807, 2.05) is 44.1 Å². The van der Waals surface area contributed by atoms with E-state index in [9.17, 15) is 0 Å². The Balaban J connectivity index is 4.55. The minimum atomic E-state index is -0.0186. The molecule has 0 aliphatic rings. The number of nitrogens with zero attached hydrogens (tertiary/aromatic N) is 2. The van der Waals surface area contributed by atoms with Crippen molar-refractivity contribution in [2.24, 2.45) is 10.7 Å². The van der Waals surface area contributed by atoms with Gasteiger partial charge in [-0.15, -0.1) is 11.6 Å². The van der Waals surface area contributed by atoms with Crippen LogP contribution in [0.25, 0.3) is 0 Å². The van der Waals surface area contributed by atoms with Crippen molar-refractivity contribution in [3.8, 4) is 0 Å². The van der Waals surface area contributed by atoms with Gasteiger partial charge in [-0.05, 0) is 18.9 Å². The number of nitrogens with two attached hydrogens (primary N) is 1. The molecule has 0 radical (unpaired) electrons. The summed E-state index contributed by atoms with van der Waals surface area (Å²) in [6, 6.07) is -0.0186. The van der Waals surface area contributed by atoms with Gasteiger partial charge < -0.3 is 10.6 Å². The molecule has 0 rings (SSSR count). The van der Waals surface area contributed by atoms with Crippen molar-refractivity contribution < 1.29 is 0 Å². The molecule has 0 aromatic rings. The molecular weight excluding hydrogens is 246 g/mol. The molecule has 18 heavy (non-hydrogen) atoms. The van der Waals surface area contributed by atoms with Gasteiger partial charge in [0.15, 0.2) is 0 Å². The first-order valence-corrected chi connectivity index (χ1v) is 6.59. The van der Waals surface area contributed by atoms with Gasteiger partial charge in [-0.1, -0.05) is 24.8 Å². The molecule has 0 fully saturated rings. The summed E-state index contributed by atoms with van der Waals surface area (Å²) in [6.07, 6.45) is 9.14. The molecule has 1 unspecified atom stereocenters. The number of hydrogen-bond acceptors (Lipinski definition) is 2. The second-order valence-electron chi connectivity index (χ2n) is 4.13. The highest BCUT2D eigenvalue weighted by Gasteiger charge is 2.09. The van der Waals surface area contributed by atoms with Crippen molar-refractivity contribution in [3.05, 3.63) is 36.6 Å². The molecule has 0 spiro atoms. The quantitative estimate of drug-likeness (QED) is 0.334. The Bertz CT molecular complexity index is 330. The average molecular weight is 270 g/mol. The first kappa shape index (κ1) is 16.9. The Labute approximate surface area is 116 Å². The standard InChI is InChI=1S/C14H24ClN3/c1-5-7-12(10-11-15)13(16)8-9-14(17-6-2)18(3)4/h5-7,10,13H,2,8-9,11,16H2,1,3-4H3. The van der Waals surface area contributed by atoms with E-state index in [0.29, 0.717) is 5.88 Å². The zero-order chi connectivity index (χ0) is 14.0. The van der Waals surface area contributed by atoms with Gasteiger partial charge in [-0.25, -0.2) is 4.99 Å². The van der Waals surface area contributed by atoms with Crippen LogP contribution >= 0.6 is 11.6 Å². The van der Waals surface area contributed by atoms with Crippen LogP contribution in [0, 0.1) is 0 Å².